The van der Waals surface area contributed by atoms with Gasteiger partial charge in [0.25, 0.3) is 0 Å². The summed E-state index contributed by atoms with van der Waals surface area (Å²) >= 11 is 0. The third-order valence-electron chi connectivity index (χ3n) is 4.91. The Kier molecular flexibility index (Phi) is 7.30. The van der Waals surface area contributed by atoms with Crippen LogP contribution in [0, 0.1) is 5.41 Å². The summed E-state index contributed by atoms with van der Waals surface area (Å²) in [7, 11) is 0. The minimum Gasteiger partial charge on any atom is -0.378 e. The van der Waals surface area contributed by atoms with Gasteiger partial charge in [0.15, 0.2) is 0 Å². The monoisotopic (exact) mass is 325 g/mol. The van der Waals surface area contributed by atoms with Crippen molar-refractivity contribution < 1.29 is 14.3 Å². The summed E-state index contributed by atoms with van der Waals surface area (Å²) in [5, 5.41) is 6.32. The van der Waals surface area contributed by atoms with E-state index in [0.717, 1.165) is 45.2 Å². The number of hydrogen-bond acceptors (Lipinski definition) is 4. The molecule has 1 heterocycles. The van der Waals surface area contributed by atoms with Crippen molar-refractivity contribution in [3.8, 4) is 0 Å². The summed E-state index contributed by atoms with van der Waals surface area (Å²) in [5.41, 5.74) is -0.486. The summed E-state index contributed by atoms with van der Waals surface area (Å²) < 4.78 is 5.30. The van der Waals surface area contributed by atoms with Crippen LogP contribution in [0.25, 0.3) is 0 Å². The molecule has 6 nitrogen and oxygen atoms in total. The first-order chi connectivity index (χ1) is 11.2. The van der Waals surface area contributed by atoms with E-state index in [1.807, 2.05) is 4.90 Å². The number of carbonyl (C=O) groups excluding carboxylic acids is 2. The molecular formula is C17H31N3O3. The Hall–Kier alpha value is -1.14. The largest absolute Gasteiger partial charge is 0.378 e. The number of rotatable bonds is 8. The number of ether oxygens (including phenoxy) is 1. The molecule has 0 unspecified atom stereocenters. The van der Waals surface area contributed by atoms with Crippen molar-refractivity contribution in [2.45, 2.75) is 45.4 Å². The highest BCUT2D eigenvalue weighted by atomic mass is 16.5. The van der Waals surface area contributed by atoms with Crippen LogP contribution >= 0.6 is 0 Å². The van der Waals surface area contributed by atoms with Gasteiger partial charge in [-0.15, -0.1) is 0 Å². The molecule has 1 saturated heterocycles. The highest BCUT2D eigenvalue weighted by Crippen LogP contribution is 2.41. The van der Waals surface area contributed by atoms with Crippen LogP contribution in [-0.4, -0.2) is 62.7 Å². The molecule has 1 saturated carbocycles. The fraction of sp³-hybridized carbons (Fsp3) is 0.882. The van der Waals surface area contributed by atoms with Gasteiger partial charge < -0.3 is 20.3 Å². The van der Waals surface area contributed by atoms with Crippen molar-refractivity contribution in [1.82, 2.24) is 15.5 Å². The van der Waals surface area contributed by atoms with Crippen LogP contribution in [0.2, 0.25) is 0 Å². The average molecular weight is 325 g/mol. The van der Waals surface area contributed by atoms with E-state index in [-0.39, 0.29) is 11.8 Å². The average Bonchev–Trinajstić information content (AvgIpc) is 3.05. The number of nitrogens with zero attached hydrogens (tertiary/aromatic N) is 1. The highest BCUT2D eigenvalue weighted by Gasteiger charge is 2.43. The molecule has 2 N–H and O–H groups in total. The molecule has 0 radical (unpaired) electrons. The van der Waals surface area contributed by atoms with Gasteiger partial charge in [0.2, 0.25) is 11.8 Å². The molecular weight excluding hydrogens is 294 g/mol. The molecule has 1 aliphatic carbocycles. The number of nitrogens with one attached hydrogen (secondary N) is 2. The molecule has 6 heteroatoms. The quantitative estimate of drug-likeness (QED) is 0.651. The van der Waals surface area contributed by atoms with Gasteiger partial charge in [0, 0.05) is 32.6 Å². The normalized spacial score (nSPS) is 20.5. The molecule has 132 valence electrons. The lowest BCUT2D eigenvalue weighted by Crippen LogP contribution is -2.47. The Balaban J connectivity index is 1.84. The third-order valence-corrected chi connectivity index (χ3v) is 4.91. The maximum atomic E-state index is 12.7. The zero-order valence-corrected chi connectivity index (χ0v) is 14.4. The van der Waals surface area contributed by atoms with Crippen LogP contribution in [0.4, 0.5) is 0 Å². The second-order valence-electron chi connectivity index (χ2n) is 6.66. The fourth-order valence-corrected chi connectivity index (χ4v) is 3.50. The van der Waals surface area contributed by atoms with Crippen LogP contribution < -0.4 is 10.6 Å². The van der Waals surface area contributed by atoms with Crippen molar-refractivity contribution in [3.63, 3.8) is 0 Å². The predicted molar refractivity (Wildman–Crippen MR) is 89.1 cm³/mol. The molecule has 1 aliphatic heterocycles. The molecule has 0 aromatic rings. The molecule has 0 atom stereocenters. The fourth-order valence-electron chi connectivity index (χ4n) is 3.50. The molecule has 2 fully saturated rings. The van der Waals surface area contributed by atoms with Crippen molar-refractivity contribution in [2.24, 2.45) is 5.41 Å². The van der Waals surface area contributed by atoms with Crippen LogP contribution in [0.1, 0.15) is 45.4 Å². The van der Waals surface area contributed by atoms with E-state index in [4.69, 9.17) is 4.74 Å². The lowest BCUT2D eigenvalue weighted by atomic mass is 9.81. The highest BCUT2D eigenvalue weighted by molar-refractivity contribution is 5.89. The van der Waals surface area contributed by atoms with Crippen molar-refractivity contribution in [3.05, 3.63) is 0 Å². The summed E-state index contributed by atoms with van der Waals surface area (Å²) in [5.74, 6) is 0.171. The maximum Gasteiger partial charge on any atom is 0.226 e. The summed E-state index contributed by atoms with van der Waals surface area (Å²) in [4.78, 5) is 27.1. The smallest absolute Gasteiger partial charge is 0.226 e. The van der Waals surface area contributed by atoms with Gasteiger partial charge in [-0.2, -0.15) is 0 Å². The molecule has 2 amide bonds. The van der Waals surface area contributed by atoms with Crippen LogP contribution in [0.15, 0.2) is 0 Å². The summed E-state index contributed by atoms with van der Waals surface area (Å²) in [6.07, 6.45) is 5.18. The minimum absolute atomic E-state index is 0.0647. The van der Waals surface area contributed by atoms with Gasteiger partial charge >= 0.3 is 0 Å². The SMILES string of the molecule is CCCNCCNC(=O)C1(CC(=O)N2CCOCC2)CCCC1. The lowest BCUT2D eigenvalue weighted by molar-refractivity contribution is -0.143. The van der Waals surface area contributed by atoms with E-state index in [0.29, 0.717) is 39.3 Å². The minimum atomic E-state index is -0.486. The van der Waals surface area contributed by atoms with E-state index >= 15 is 0 Å². The van der Waals surface area contributed by atoms with E-state index in [2.05, 4.69) is 17.6 Å². The maximum absolute atomic E-state index is 12.7. The molecule has 2 rings (SSSR count). The Morgan fingerprint density at radius 2 is 1.78 bits per heavy atom. The summed E-state index contributed by atoms with van der Waals surface area (Å²) in [6.45, 7) is 7.02. The third kappa shape index (κ3) is 5.18. The van der Waals surface area contributed by atoms with Gasteiger partial charge in [0.05, 0.1) is 18.6 Å². The van der Waals surface area contributed by atoms with Gasteiger partial charge in [-0.25, -0.2) is 0 Å². The predicted octanol–water partition coefficient (Wildman–Crippen LogP) is 0.911. The Morgan fingerprint density at radius 3 is 2.43 bits per heavy atom. The van der Waals surface area contributed by atoms with Crippen molar-refractivity contribution >= 4 is 11.8 Å². The van der Waals surface area contributed by atoms with Gasteiger partial charge in [-0.05, 0) is 25.8 Å². The molecule has 0 spiro atoms. The number of morpholine rings is 1. The van der Waals surface area contributed by atoms with E-state index in [1.54, 1.807) is 0 Å². The molecule has 0 bridgehead atoms. The van der Waals surface area contributed by atoms with Crippen LogP contribution in [0.3, 0.4) is 0 Å². The lowest BCUT2D eigenvalue weighted by Gasteiger charge is -2.32. The van der Waals surface area contributed by atoms with E-state index in [1.165, 1.54) is 0 Å². The number of carbonyl (C=O) groups is 2. The molecule has 2 aliphatic rings. The first-order valence-corrected chi connectivity index (χ1v) is 9.02. The van der Waals surface area contributed by atoms with Crippen LogP contribution in [-0.2, 0) is 14.3 Å². The molecule has 0 aromatic heterocycles. The first-order valence-electron chi connectivity index (χ1n) is 9.02. The number of amides is 2. The van der Waals surface area contributed by atoms with Gasteiger partial charge in [-0.1, -0.05) is 19.8 Å². The second kappa shape index (κ2) is 9.23. The van der Waals surface area contributed by atoms with E-state index < -0.39 is 5.41 Å². The van der Waals surface area contributed by atoms with Gasteiger partial charge in [0.1, 0.15) is 0 Å². The molecule has 0 aromatic carbocycles. The van der Waals surface area contributed by atoms with E-state index in [9.17, 15) is 9.59 Å². The van der Waals surface area contributed by atoms with Crippen molar-refractivity contribution in [1.29, 1.82) is 0 Å². The Labute approximate surface area is 139 Å². The number of hydrogen-bond donors (Lipinski definition) is 2. The van der Waals surface area contributed by atoms with Crippen LogP contribution in [0.5, 0.6) is 0 Å². The topological polar surface area (TPSA) is 70.7 Å². The zero-order valence-electron chi connectivity index (χ0n) is 14.4. The first kappa shape index (κ1) is 18.2. The standard InChI is InChI=1S/C17H31N3O3/c1-2-7-18-8-9-19-16(22)17(5-3-4-6-17)14-15(21)20-10-12-23-13-11-20/h18H,2-14H2,1H3,(H,19,22). The Morgan fingerprint density at radius 1 is 1.09 bits per heavy atom. The van der Waals surface area contributed by atoms with Gasteiger partial charge in [-0.3, -0.25) is 9.59 Å². The second-order valence-corrected chi connectivity index (χ2v) is 6.66. The molecule has 23 heavy (non-hydrogen) atoms. The Bertz CT molecular complexity index is 389. The van der Waals surface area contributed by atoms with Crippen molar-refractivity contribution in [2.75, 3.05) is 45.9 Å². The zero-order chi connectivity index (χ0) is 16.5. The summed E-state index contributed by atoms with van der Waals surface area (Å²) in [6, 6.07) is 0.